The molecular formula is C16H14N4S. The third kappa shape index (κ3) is 2.10. The molecule has 0 fully saturated rings. The van der Waals surface area contributed by atoms with Crippen LogP contribution in [0.2, 0.25) is 0 Å². The van der Waals surface area contributed by atoms with Crippen LogP contribution in [0.15, 0.2) is 59.8 Å². The normalized spacial score (nSPS) is 13.0. The Labute approximate surface area is 126 Å². The van der Waals surface area contributed by atoms with Crippen molar-refractivity contribution >= 4 is 28.6 Å². The van der Waals surface area contributed by atoms with Gasteiger partial charge in [-0.15, -0.1) is 5.10 Å². The highest BCUT2D eigenvalue weighted by atomic mass is 32.2. The molecule has 0 saturated carbocycles. The van der Waals surface area contributed by atoms with E-state index in [1.165, 1.54) is 5.56 Å². The molecule has 0 aliphatic rings. The Bertz CT molecular complexity index is 894. The van der Waals surface area contributed by atoms with Crippen LogP contribution in [-0.2, 0) is 0 Å². The first-order chi connectivity index (χ1) is 10.3. The highest BCUT2D eigenvalue weighted by Gasteiger charge is 2.15. The fourth-order valence-corrected chi connectivity index (χ4v) is 3.47. The summed E-state index contributed by atoms with van der Waals surface area (Å²) in [5.41, 5.74) is 3.37. The average Bonchev–Trinajstić information content (AvgIpc) is 3.08. The highest BCUT2D eigenvalue weighted by Crippen LogP contribution is 2.34. The Morgan fingerprint density at radius 1 is 1.05 bits per heavy atom. The number of benzene rings is 2. The number of hydrogen-bond acceptors (Lipinski definition) is 3. The van der Waals surface area contributed by atoms with Gasteiger partial charge in [0.1, 0.15) is 0 Å². The summed E-state index contributed by atoms with van der Waals surface area (Å²) in [6, 6.07) is 18.6. The van der Waals surface area contributed by atoms with Gasteiger partial charge in [0, 0.05) is 5.25 Å². The van der Waals surface area contributed by atoms with Gasteiger partial charge in [0.2, 0.25) is 5.78 Å². The summed E-state index contributed by atoms with van der Waals surface area (Å²) >= 11 is 1.73. The van der Waals surface area contributed by atoms with Crippen molar-refractivity contribution in [2.75, 3.05) is 0 Å². The summed E-state index contributed by atoms with van der Waals surface area (Å²) in [6.07, 6.45) is 0. The van der Waals surface area contributed by atoms with Crippen LogP contribution in [0, 0.1) is 0 Å². The zero-order valence-electron chi connectivity index (χ0n) is 11.5. The van der Waals surface area contributed by atoms with E-state index in [4.69, 9.17) is 0 Å². The van der Waals surface area contributed by atoms with Gasteiger partial charge < -0.3 is 0 Å². The van der Waals surface area contributed by atoms with E-state index in [-0.39, 0.29) is 0 Å². The predicted molar refractivity (Wildman–Crippen MR) is 85.6 cm³/mol. The topological polar surface area (TPSA) is 46.0 Å². The molecule has 2 aromatic heterocycles. The lowest BCUT2D eigenvalue weighted by atomic mass is 10.2. The van der Waals surface area contributed by atoms with Crippen molar-refractivity contribution in [2.24, 2.45) is 0 Å². The second kappa shape index (κ2) is 4.93. The van der Waals surface area contributed by atoms with Crippen molar-refractivity contribution < 1.29 is 0 Å². The van der Waals surface area contributed by atoms with Crippen molar-refractivity contribution in [3.05, 3.63) is 60.2 Å². The third-order valence-electron chi connectivity index (χ3n) is 3.55. The number of thioether (sulfide) groups is 1. The summed E-state index contributed by atoms with van der Waals surface area (Å²) < 4.78 is 2.08. The molecule has 0 aliphatic carbocycles. The molecule has 0 bridgehead atoms. The predicted octanol–water partition coefficient (Wildman–Crippen LogP) is 4.06. The van der Waals surface area contributed by atoms with E-state index in [1.54, 1.807) is 11.8 Å². The van der Waals surface area contributed by atoms with Crippen LogP contribution in [0.25, 0.3) is 16.8 Å². The summed E-state index contributed by atoms with van der Waals surface area (Å²) in [4.78, 5) is 4.55. The van der Waals surface area contributed by atoms with Crippen molar-refractivity contribution in [1.29, 1.82) is 0 Å². The van der Waals surface area contributed by atoms with Crippen LogP contribution in [0.4, 0.5) is 0 Å². The molecule has 2 aromatic carbocycles. The minimum Gasteiger partial charge on any atom is -0.254 e. The van der Waals surface area contributed by atoms with E-state index in [1.807, 2.05) is 24.3 Å². The summed E-state index contributed by atoms with van der Waals surface area (Å²) in [7, 11) is 0. The second-order valence-corrected chi connectivity index (χ2v) is 6.24. The van der Waals surface area contributed by atoms with Crippen molar-refractivity contribution in [1.82, 2.24) is 19.6 Å². The van der Waals surface area contributed by atoms with E-state index in [2.05, 4.69) is 56.8 Å². The lowest BCUT2D eigenvalue weighted by Crippen LogP contribution is -1.91. The molecule has 5 heteroatoms. The molecule has 104 valence electrons. The number of imidazole rings is 1. The zero-order chi connectivity index (χ0) is 14.2. The molecule has 2 heterocycles. The number of fused-ring (bicyclic) bond motifs is 3. The Morgan fingerprint density at radius 3 is 2.67 bits per heavy atom. The van der Waals surface area contributed by atoms with Gasteiger partial charge in [-0.2, -0.15) is 0 Å². The van der Waals surface area contributed by atoms with Gasteiger partial charge in [-0.1, -0.05) is 54.2 Å². The van der Waals surface area contributed by atoms with Crippen LogP contribution in [0.5, 0.6) is 0 Å². The first kappa shape index (κ1) is 12.5. The van der Waals surface area contributed by atoms with Gasteiger partial charge in [0.25, 0.3) is 0 Å². The average molecular weight is 294 g/mol. The number of hydrogen-bond donors (Lipinski definition) is 1. The molecule has 0 aliphatic heterocycles. The summed E-state index contributed by atoms with van der Waals surface area (Å²) in [5.74, 6) is 0.791. The van der Waals surface area contributed by atoms with E-state index >= 15 is 0 Å². The Kier molecular flexibility index (Phi) is 2.93. The first-order valence-electron chi connectivity index (χ1n) is 6.86. The zero-order valence-corrected chi connectivity index (χ0v) is 12.3. The molecule has 0 saturated heterocycles. The van der Waals surface area contributed by atoms with Gasteiger partial charge in [-0.05, 0) is 24.6 Å². The molecule has 0 spiro atoms. The van der Waals surface area contributed by atoms with E-state index < -0.39 is 0 Å². The highest BCUT2D eigenvalue weighted by molar-refractivity contribution is 7.99. The third-order valence-corrected chi connectivity index (χ3v) is 4.67. The quantitative estimate of drug-likeness (QED) is 0.579. The van der Waals surface area contributed by atoms with Gasteiger partial charge in [0.05, 0.1) is 11.0 Å². The van der Waals surface area contributed by atoms with E-state index in [9.17, 15) is 0 Å². The maximum atomic E-state index is 4.55. The number of nitrogens with zero attached hydrogens (tertiary/aromatic N) is 3. The van der Waals surface area contributed by atoms with Gasteiger partial charge in [-0.25, -0.2) is 10.1 Å². The molecule has 4 rings (SSSR count). The smallest absolute Gasteiger partial charge is 0.231 e. The standard InChI is InChI=1S/C16H14N4S/c1-11(12-7-3-2-4-8-12)21-16-19-18-15-17-13-9-5-6-10-14(13)20(15)16/h2-11H,1H3,(H,17,18)/t11-/m1/s1. The summed E-state index contributed by atoms with van der Waals surface area (Å²) in [5, 5.41) is 8.70. The van der Waals surface area contributed by atoms with Gasteiger partial charge in [0.15, 0.2) is 5.16 Å². The minimum absolute atomic E-state index is 0.332. The molecule has 0 amide bonds. The lowest BCUT2D eigenvalue weighted by Gasteiger charge is -2.09. The monoisotopic (exact) mass is 294 g/mol. The minimum atomic E-state index is 0.332. The fraction of sp³-hybridized carbons (Fsp3) is 0.125. The van der Waals surface area contributed by atoms with Gasteiger partial charge in [-0.3, -0.25) is 4.40 Å². The lowest BCUT2D eigenvalue weighted by molar-refractivity contribution is 0.929. The van der Waals surface area contributed by atoms with Crippen LogP contribution in [0.3, 0.4) is 0 Å². The molecule has 21 heavy (non-hydrogen) atoms. The van der Waals surface area contributed by atoms with Crippen molar-refractivity contribution in [3.63, 3.8) is 0 Å². The Balaban J connectivity index is 1.77. The van der Waals surface area contributed by atoms with Gasteiger partial charge >= 0.3 is 0 Å². The summed E-state index contributed by atoms with van der Waals surface area (Å²) in [6.45, 7) is 2.19. The molecular weight excluding hydrogens is 280 g/mol. The number of aromatic amines is 1. The largest absolute Gasteiger partial charge is 0.254 e. The molecule has 1 N–H and O–H groups in total. The number of H-pyrrole nitrogens is 1. The Morgan fingerprint density at radius 2 is 1.81 bits per heavy atom. The first-order valence-corrected chi connectivity index (χ1v) is 7.74. The molecule has 0 radical (unpaired) electrons. The molecule has 1 atom stereocenters. The van der Waals surface area contributed by atoms with Crippen molar-refractivity contribution in [3.8, 4) is 0 Å². The van der Waals surface area contributed by atoms with Crippen LogP contribution in [0.1, 0.15) is 17.7 Å². The Hall–Kier alpha value is -2.27. The maximum Gasteiger partial charge on any atom is 0.231 e. The number of para-hydroxylation sites is 2. The second-order valence-electron chi connectivity index (χ2n) is 4.94. The number of rotatable bonds is 3. The molecule has 0 unspecified atom stereocenters. The van der Waals surface area contributed by atoms with Crippen LogP contribution in [-0.4, -0.2) is 19.6 Å². The number of aromatic nitrogens is 4. The van der Waals surface area contributed by atoms with Crippen LogP contribution < -0.4 is 0 Å². The van der Waals surface area contributed by atoms with E-state index in [0.717, 1.165) is 22.0 Å². The molecule has 4 aromatic rings. The van der Waals surface area contributed by atoms with Crippen LogP contribution >= 0.6 is 11.8 Å². The fourth-order valence-electron chi connectivity index (χ4n) is 2.47. The number of nitrogens with one attached hydrogen (secondary N) is 1. The van der Waals surface area contributed by atoms with Crippen molar-refractivity contribution in [2.45, 2.75) is 17.3 Å². The SMILES string of the molecule is C[C@@H](Sc1n[nH]c2nc3ccccc3n12)c1ccccc1. The molecule has 4 nitrogen and oxygen atoms in total. The maximum absolute atomic E-state index is 4.55. The van der Waals surface area contributed by atoms with E-state index in [0.29, 0.717) is 5.25 Å².